The molecule has 1 N–H and O–H groups in total. The fourth-order valence-corrected chi connectivity index (χ4v) is 2.30. The van der Waals surface area contributed by atoms with Gasteiger partial charge in [0, 0.05) is 18.5 Å². The van der Waals surface area contributed by atoms with Crippen LogP contribution in [0.3, 0.4) is 0 Å². The Morgan fingerprint density at radius 3 is 2.62 bits per heavy atom. The fraction of sp³-hybridized carbons (Fsp3) is 0.111. The molecule has 0 spiro atoms. The van der Waals surface area contributed by atoms with Gasteiger partial charge in [0.1, 0.15) is 12.7 Å². The average molecular weight is 319 g/mol. The first kappa shape index (κ1) is 15.6. The number of pyridine rings is 1. The summed E-state index contributed by atoms with van der Waals surface area (Å²) >= 11 is 0. The van der Waals surface area contributed by atoms with Crippen LogP contribution >= 0.6 is 0 Å². The van der Waals surface area contributed by atoms with Crippen molar-refractivity contribution >= 4 is 12.0 Å². The molecule has 0 bridgehead atoms. The first-order valence-electron chi connectivity index (χ1n) is 7.57. The minimum atomic E-state index is -0.192. The predicted molar refractivity (Wildman–Crippen MR) is 90.6 cm³/mol. The largest absolute Gasteiger partial charge is 0.344 e. The second-order valence-corrected chi connectivity index (χ2v) is 5.20. The van der Waals surface area contributed by atoms with Crippen LogP contribution in [0, 0.1) is 0 Å². The highest BCUT2D eigenvalue weighted by Gasteiger charge is 2.14. The minimum Gasteiger partial charge on any atom is -0.344 e. The zero-order chi connectivity index (χ0) is 16.6. The minimum absolute atomic E-state index is 0.166. The second kappa shape index (κ2) is 7.82. The van der Waals surface area contributed by atoms with Crippen molar-refractivity contribution in [2.24, 2.45) is 0 Å². The number of amides is 1. The Hall–Kier alpha value is -3.28. The summed E-state index contributed by atoms with van der Waals surface area (Å²) in [5.41, 5.74) is 1.94. The summed E-state index contributed by atoms with van der Waals surface area (Å²) in [5, 5.41) is 7.12. The lowest BCUT2D eigenvalue weighted by atomic mass is 10.1. The molecule has 0 fully saturated rings. The molecule has 1 atom stereocenters. The first-order chi connectivity index (χ1) is 11.8. The van der Waals surface area contributed by atoms with Gasteiger partial charge < -0.3 is 5.32 Å². The molecule has 1 unspecified atom stereocenters. The molecule has 0 aliphatic rings. The van der Waals surface area contributed by atoms with Gasteiger partial charge in [0.25, 0.3) is 0 Å². The summed E-state index contributed by atoms with van der Waals surface area (Å²) in [6.45, 7) is 0.513. The number of hydrogen-bond acceptors (Lipinski definition) is 4. The smallest absolute Gasteiger partial charge is 0.244 e. The van der Waals surface area contributed by atoms with Crippen molar-refractivity contribution in [2.75, 3.05) is 0 Å². The van der Waals surface area contributed by atoms with E-state index < -0.39 is 0 Å². The maximum atomic E-state index is 12.3. The van der Waals surface area contributed by atoms with Crippen LogP contribution in [0.1, 0.15) is 17.2 Å². The number of carbonyl (C=O) groups is 1. The molecule has 2 aromatic heterocycles. The van der Waals surface area contributed by atoms with Crippen molar-refractivity contribution in [3.05, 3.63) is 84.7 Å². The monoisotopic (exact) mass is 319 g/mol. The lowest BCUT2D eigenvalue weighted by Gasteiger charge is -2.18. The molecular formula is C18H17N5O. The number of benzene rings is 1. The molecule has 0 saturated heterocycles. The number of nitrogens with one attached hydrogen (secondary N) is 1. The van der Waals surface area contributed by atoms with E-state index in [4.69, 9.17) is 0 Å². The molecule has 0 radical (unpaired) electrons. The van der Waals surface area contributed by atoms with Crippen LogP contribution in [0.4, 0.5) is 0 Å². The van der Waals surface area contributed by atoms with Crippen molar-refractivity contribution in [3.8, 4) is 0 Å². The molecule has 3 aromatic rings. The van der Waals surface area contributed by atoms with Crippen LogP contribution in [0.25, 0.3) is 6.08 Å². The normalized spacial score (nSPS) is 12.2. The van der Waals surface area contributed by atoms with Gasteiger partial charge >= 0.3 is 0 Å². The third-order valence-electron chi connectivity index (χ3n) is 3.49. The van der Waals surface area contributed by atoms with E-state index in [9.17, 15) is 4.79 Å². The average Bonchev–Trinajstić information content (AvgIpc) is 3.14. The molecule has 0 saturated carbocycles. The fourth-order valence-electron chi connectivity index (χ4n) is 2.30. The van der Waals surface area contributed by atoms with Crippen molar-refractivity contribution in [1.29, 1.82) is 0 Å². The molecule has 1 amide bonds. The van der Waals surface area contributed by atoms with Crippen molar-refractivity contribution in [3.63, 3.8) is 0 Å². The van der Waals surface area contributed by atoms with E-state index in [2.05, 4.69) is 20.4 Å². The van der Waals surface area contributed by atoms with Crippen LogP contribution in [-0.2, 0) is 11.3 Å². The molecule has 0 aliphatic heterocycles. The van der Waals surface area contributed by atoms with Crippen molar-refractivity contribution in [2.45, 2.75) is 12.6 Å². The summed E-state index contributed by atoms with van der Waals surface area (Å²) < 4.78 is 1.70. The highest BCUT2D eigenvalue weighted by Crippen LogP contribution is 2.14. The Bertz CT molecular complexity index is 785. The topological polar surface area (TPSA) is 72.7 Å². The Morgan fingerprint density at radius 1 is 1.12 bits per heavy atom. The molecule has 2 heterocycles. The lowest BCUT2D eigenvalue weighted by Crippen LogP contribution is -2.30. The maximum Gasteiger partial charge on any atom is 0.244 e. The number of hydrogen-bond donors (Lipinski definition) is 1. The van der Waals surface area contributed by atoms with E-state index in [0.717, 1.165) is 11.1 Å². The van der Waals surface area contributed by atoms with Gasteiger partial charge in [-0.15, -0.1) is 0 Å². The van der Waals surface area contributed by atoms with Crippen LogP contribution in [0.15, 0.2) is 73.6 Å². The Labute approximate surface area is 139 Å². The van der Waals surface area contributed by atoms with Crippen LogP contribution in [0.2, 0.25) is 0 Å². The van der Waals surface area contributed by atoms with E-state index in [1.54, 1.807) is 29.5 Å². The van der Waals surface area contributed by atoms with E-state index in [1.807, 2.05) is 42.5 Å². The van der Waals surface area contributed by atoms with E-state index in [1.165, 1.54) is 12.4 Å². The van der Waals surface area contributed by atoms with Crippen molar-refractivity contribution < 1.29 is 4.79 Å². The number of aromatic nitrogens is 4. The highest BCUT2D eigenvalue weighted by atomic mass is 16.1. The quantitative estimate of drug-likeness (QED) is 0.707. The van der Waals surface area contributed by atoms with Gasteiger partial charge in [0.15, 0.2) is 0 Å². The molecule has 6 nitrogen and oxygen atoms in total. The van der Waals surface area contributed by atoms with E-state index >= 15 is 0 Å². The predicted octanol–water partition coefficient (Wildman–Crippen LogP) is 2.24. The van der Waals surface area contributed by atoms with Gasteiger partial charge in [0.2, 0.25) is 5.91 Å². The Balaban J connectivity index is 1.71. The standard InChI is InChI=1S/C18H17N5O/c24-18(7-6-15-8-10-19-11-9-15)22-17(12-23-14-20-13-21-23)16-4-2-1-3-5-16/h1-11,13-14,17H,12H2,(H,22,24). The lowest BCUT2D eigenvalue weighted by molar-refractivity contribution is -0.117. The molecule has 24 heavy (non-hydrogen) atoms. The van der Waals surface area contributed by atoms with E-state index in [0.29, 0.717) is 6.54 Å². The Morgan fingerprint density at radius 2 is 1.92 bits per heavy atom. The maximum absolute atomic E-state index is 12.3. The van der Waals surface area contributed by atoms with E-state index in [-0.39, 0.29) is 11.9 Å². The van der Waals surface area contributed by atoms with Gasteiger partial charge in [-0.05, 0) is 29.3 Å². The van der Waals surface area contributed by atoms with Gasteiger partial charge in [-0.2, -0.15) is 5.10 Å². The first-order valence-corrected chi connectivity index (χ1v) is 7.57. The highest BCUT2D eigenvalue weighted by molar-refractivity contribution is 5.91. The molecule has 6 heteroatoms. The van der Waals surface area contributed by atoms with Gasteiger partial charge in [-0.3, -0.25) is 14.5 Å². The third-order valence-corrected chi connectivity index (χ3v) is 3.49. The summed E-state index contributed by atoms with van der Waals surface area (Å²) in [6, 6.07) is 13.3. The van der Waals surface area contributed by atoms with Gasteiger partial charge in [-0.25, -0.2) is 4.98 Å². The molecule has 3 rings (SSSR count). The summed E-state index contributed by atoms with van der Waals surface area (Å²) in [5.74, 6) is -0.166. The molecule has 120 valence electrons. The van der Waals surface area contributed by atoms with Crippen molar-refractivity contribution in [1.82, 2.24) is 25.1 Å². The zero-order valence-corrected chi connectivity index (χ0v) is 13.0. The molecular weight excluding hydrogens is 302 g/mol. The Kier molecular flexibility index (Phi) is 5.09. The number of rotatable bonds is 6. The molecule has 0 aliphatic carbocycles. The molecule has 1 aromatic carbocycles. The SMILES string of the molecule is O=C(C=Cc1ccncc1)NC(Cn1cncn1)c1ccccc1. The third kappa shape index (κ3) is 4.36. The zero-order valence-electron chi connectivity index (χ0n) is 13.0. The number of carbonyl (C=O) groups excluding carboxylic acids is 1. The van der Waals surface area contributed by atoms with Crippen LogP contribution in [0.5, 0.6) is 0 Å². The van der Waals surface area contributed by atoms with Gasteiger partial charge in [0.05, 0.1) is 12.6 Å². The van der Waals surface area contributed by atoms with Crippen LogP contribution < -0.4 is 5.32 Å². The second-order valence-electron chi connectivity index (χ2n) is 5.20. The summed E-state index contributed by atoms with van der Waals surface area (Å²) in [7, 11) is 0. The van der Waals surface area contributed by atoms with Gasteiger partial charge in [-0.1, -0.05) is 30.3 Å². The summed E-state index contributed by atoms with van der Waals surface area (Å²) in [6.07, 6.45) is 9.77. The number of nitrogens with zero attached hydrogens (tertiary/aromatic N) is 4. The van der Waals surface area contributed by atoms with Crippen LogP contribution in [-0.4, -0.2) is 25.7 Å². The summed E-state index contributed by atoms with van der Waals surface area (Å²) in [4.78, 5) is 20.2.